The van der Waals surface area contributed by atoms with Crippen LogP contribution in [0.3, 0.4) is 0 Å². The molecule has 18 rings (SSSR count). The van der Waals surface area contributed by atoms with E-state index in [-0.39, 0.29) is 6.10 Å². The number of ether oxygens (including phenoxy) is 2. The molecule has 1 heterocycles. The normalized spacial score (nSPS) is 56.1. The van der Waals surface area contributed by atoms with Gasteiger partial charge in [-0.2, -0.15) is 0 Å². The molecule has 17 fully saturated rings. The summed E-state index contributed by atoms with van der Waals surface area (Å²) < 4.78 is 14.5. The van der Waals surface area contributed by atoms with Gasteiger partial charge in [0.2, 0.25) is 0 Å². The summed E-state index contributed by atoms with van der Waals surface area (Å²) in [5.41, 5.74) is 9.36. The minimum absolute atomic E-state index is 0.228. The van der Waals surface area contributed by atoms with Crippen LogP contribution in [0, 0.1) is 71.0 Å². The van der Waals surface area contributed by atoms with Gasteiger partial charge in [-0.3, -0.25) is 0 Å². The van der Waals surface area contributed by atoms with Crippen molar-refractivity contribution in [3.8, 4) is 5.75 Å². The summed E-state index contributed by atoms with van der Waals surface area (Å²) >= 11 is 0. The van der Waals surface area contributed by atoms with E-state index in [2.05, 4.69) is 13.0 Å². The van der Waals surface area contributed by atoms with E-state index in [1.807, 2.05) is 22.3 Å². The third-order valence-corrected chi connectivity index (χ3v) is 21.1. The Morgan fingerprint density at radius 1 is 0.472 bits per heavy atom. The first-order chi connectivity index (χ1) is 25.8. The van der Waals surface area contributed by atoms with Crippen LogP contribution < -0.4 is 4.74 Å². The fourth-order valence-corrected chi connectivity index (χ4v) is 21.2. The zero-order valence-corrected chi connectivity index (χ0v) is 33.4. The molecule has 53 heavy (non-hydrogen) atoms. The van der Waals surface area contributed by atoms with Crippen LogP contribution in [-0.2, 0) is 26.4 Å². The Balaban J connectivity index is 1.08. The van der Waals surface area contributed by atoms with Crippen molar-refractivity contribution in [1.29, 1.82) is 0 Å². The summed E-state index contributed by atoms with van der Waals surface area (Å²) in [7, 11) is 0. The average molecular weight is 715 g/mol. The van der Waals surface area contributed by atoms with Gasteiger partial charge < -0.3 is 9.47 Å². The molecule has 1 aromatic carbocycles. The van der Waals surface area contributed by atoms with E-state index in [0.717, 1.165) is 84.0 Å². The van der Waals surface area contributed by atoms with Crippen LogP contribution in [0.2, 0.25) is 0 Å². The minimum atomic E-state index is 0.228. The van der Waals surface area contributed by atoms with Crippen molar-refractivity contribution in [3.05, 3.63) is 28.3 Å². The molecule has 2 heteroatoms. The zero-order valence-electron chi connectivity index (χ0n) is 33.4. The second-order valence-corrected chi connectivity index (χ2v) is 24.8. The molecule has 17 aliphatic rings. The van der Waals surface area contributed by atoms with Gasteiger partial charge in [0, 0.05) is 22.0 Å². The third kappa shape index (κ3) is 4.55. The Bertz CT molecular complexity index is 1460. The van der Waals surface area contributed by atoms with Crippen molar-refractivity contribution in [2.75, 3.05) is 6.61 Å². The van der Waals surface area contributed by atoms with Gasteiger partial charge in [0.05, 0.1) is 6.61 Å². The van der Waals surface area contributed by atoms with E-state index in [4.69, 9.17) is 9.47 Å². The van der Waals surface area contributed by atoms with Gasteiger partial charge in [-0.05, 0) is 253 Å². The lowest BCUT2D eigenvalue weighted by atomic mass is 9.41. The number of epoxide rings is 1. The maximum atomic E-state index is 8.21. The zero-order chi connectivity index (χ0) is 34.5. The van der Waals surface area contributed by atoms with Gasteiger partial charge in [0.1, 0.15) is 18.0 Å². The van der Waals surface area contributed by atoms with E-state index in [0.29, 0.717) is 27.8 Å². The van der Waals surface area contributed by atoms with Crippen LogP contribution >= 0.6 is 0 Å². The highest BCUT2D eigenvalue weighted by Gasteiger charge is 2.63. The maximum absolute atomic E-state index is 8.21. The predicted molar refractivity (Wildman–Crippen MR) is 210 cm³/mol. The van der Waals surface area contributed by atoms with Gasteiger partial charge in [-0.1, -0.05) is 13.0 Å². The smallest absolute Gasteiger partial charge is 0.127 e. The van der Waals surface area contributed by atoms with Gasteiger partial charge in [-0.15, -0.1) is 0 Å². The summed E-state index contributed by atoms with van der Waals surface area (Å²) in [6.07, 6.45) is 38.2. The first kappa shape index (κ1) is 32.0. The summed E-state index contributed by atoms with van der Waals surface area (Å²) in [6, 6.07) is 3.21. The topological polar surface area (TPSA) is 21.8 Å². The number of benzene rings is 1. The Morgan fingerprint density at radius 2 is 0.736 bits per heavy atom. The molecular formula is C51H70O2. The van der Waals surface area contributed by atoms with Crippen molar-refractivity contribution in [2.45, 2.75) is 201 Å². The monoisotopic (exact) mass is 715 g/mol. The molecule has 1 aliphatic heterocycles. The average Bonchev–Trinajstić information content (AvgIpc) is 3.93. The van der Waals surface area contributed by atoms with Gasteiger partial charge in [-0.25, -0.2) is 0 Å². The van der Waals surface area contributed by atoms with Crippen molar-refractivity contribution < 1.29 is 9.47 Å². The molecule has 16 aliphatic carbocycles. The highest BCUT2D eigenvalue weighted by Crippen LogP contribution is 2.72. The summed E-state index contributed by atoms with van der Waals surface area (Å²) in [5, 5.41) is 0. The Kier molecular flexibility index (Phi) is 6.47. The molecule has 0 aromatic heterocycles. The van der Waals surface area contributed by atoms with Crippen LogP contribution in [-0.4, -0.2) is 18.8 Å². The molecule has 0 amide bonds. The lowest BCUT2D eigenvalue weighted by Gasteiger charge is -2.63. The minimum Gasteiger partial charge on any atom is -0.487 e. The van der Waals surface area contributed by atoms with Crippen LogP contribution in [0.5, 0.6) is 5.75 Å². The molecule has 1 aromatic rings. The largest absolute Gasteiger partial charge is 0.487 e. The fraction of sp³-hybridized carbons (Fsp3) is 0.882. The van der Waals surface area contributed by atoms with E-state index in [1.54, 1.807) is 82.8 Å². The van der Waals surface area contributed by atoms with Gasteiger partial charge in [0.15, 0.2) is 0 Å². The van der Waals surface area contributed by atoms with Gasteiger partial charge >= 0.3 is 0 Å². The molecule has 16 saturated carbocycles. The molecule has 16 bridgehead atoms. The van der Waals surface area contributed by atoms with Crippen molar-refractivity contribution in [2.24, 2.45) is 71.0 Å². The second-order valence-electron chi connectivity index (χ2n) is 24.8. The molecule has 2 unspecified atom stereocenters. The Labute approximate surface area is 321 Å². The molecule has 286 valence electrons. The van der Waals surface area contributed by atoms with Crippen LogP contribution in [0.15, 0.2) is 6.07 Å². The maximum Gasteiger partial charge on any atom is 0.127 e. The Hall–Kier alpha value is -1.02. The molecule has 2 atom stereocenters. The van der Waals surface area contributed by atoms with Crippen LogP contribution in [0.1, 0.15) is 190 Å². The number of rotatable bonds is 8. The second kappa shape index (κ2) is 10.7. The number of hydrogen-bond acceptors (Lipinski definition) is 2. The first-order valence-corrected chi connectivity index (χ1v) is 24.3. The van der Waals surface area contributed by atoms with E-state index < -0.39 is 0 Å². The van der Waals surface area contributed by atoms with E-state index >= 15 is 0 Å². The molecule has 1 saturated heterocycles. The lowest BCUT2D eigenvalue weighted by molar-refractivity contribution is -0.0255. The summed E-state index contributed by atoms with van der Waals surface area (Å²) in [5.74, 6) is 13.4. The number of hydrogen-bond donors (Lipinski definition) is 0. The highest BCUT2D eigenvalue weighted by molar-refractivity contribution is 5.63. The SMILES string of the molecule is CCC(Oc1c(C23CC4CC(CC(C4)C2)C3)c(C23CC4CC(CC(C4)C2)C3)cc(C23CC4CC(CC(C4)C2)C3)c1C12CC3CC(CC(C3)C1)C2)C1CO1. The van der Waals surface area contributed by atoms with Crippen molar-refractivity contribution >= 4 is 0 Å². The molecule has 2 nitrogen and oxygen atoms in total. The summed E-state index contributed by atoms with van der Waals surface area (Å²) in [6.45, 7) is 3.36. The van der Waals surface area contributed by atoms with Crippen molar-refractivity contribution in [1.82, 2.24) is 0 Å². The van der Waals surface area contributed by atoms with Crippen LogP contribution in [0.4, 0.5) is 0 Å². The predicted octanol–water partition coefficient (Wildman–Crippen LogP) is 12.1. The molecular weight excluding hydrogens is 645 g/mol. The molecule has 0 spiro atoms. The fourth-order valence-electron chi connectivity index (χ4n) is 21.2. The van der Waals surface area contributed by atoms with Crippen molar-refractivity contribution in [3.63, 3.8) is 0 Å². The quantitative estimate of drug-likeness (QED) is 0.250. The lowest BCUT2D eigenvalue weighted by Crippen LogP contribution is -2.55. The summed E-state index contributed by atoms with van der Waals surface area (Å²) in [4.78, 5) is 0. The highest BCUT2D eigenvalue weighted by atomic mass is 16.6. The van der Waals surface area contributed by atoms with E-state index in [9.17, 15) is 0 Å². The first-order valence-electron chi connectivity index (χ1n) is 24.3. The Morgan fingerprint density at radius 3 is 0.981 bits per heavy atom. The van der Waals surface area contributed by atoms with E-state index in [1.165, 1.54) is 77.0 Å². The molecule has 0 N–H and O–H groups in total. The van der Waals surface area contributed by atoms with Crippen LogP contribution in [0.25, 0.3) is 0 Å². The third-order valence-electron chi connectivity index (χ3n) is 21.1. The standard InChI is InChI=1S/C51H70O2/c1-2-43(44-28-52-44)53-47-45(50-22-35-9-36(23-50)11-37(10-35)24-50)41(48-16-29-3-30(17-48)5-31(4-29)18-48)15-42(49-19-32-6-33(20-49)8-34(7-32)21-49)46(47)51-25-38-12-39(26-51)14-40(13-38)27-51/h15,29-40,43-44H,2-14,16-28H2,1H3. The molecule has 0 radical (unpaired) electrons. The van der Waals surface area contributed by atoms with Gasteiger partial charge in [0.25, 0.3) is 0 Å².